The highest BCUT2D eigenvalue weighted by Gasteiger charge is 2.33. The van der Waals surface area contributed by atoms with E-state index < -0.39 is 6.04 Å². The van der Waals surface area contributed by atoms with E-state index in [-0.39, 0.29) is 30.8 Å². The van der Waals surface area contributed by atoms with Gasteiger partial charge in [-0.15, -0.1) is 0 Å². The van der Waals surface area contributed by atoms with Crippen molar-refractivity contribution in [1.82, 2.24) is 5.32 Å². The van der Waals surface area contributed by atoms with Crippen LogP contribution in [0.5, 0.6) is 11.5 Å². The van der Waals surface area contributed by atoms with Crippen molar-refractivity contribution >= 4 is 23.3 Å². The fourth-order valence-corrected chi connectivity index (χ4v) is 3.61. The molecule has 1 aliphatic heterocycles. The molecule has 0 saturated carbocycles. The Morgan fingerprint density at radius 1 is 1.12 bits per heavy atom. The second kappa shape index (κ2) is 10.5. The van der Waals surface area contributed by atoms with E-state index in [9.17, 15) is 14.4 Å². The molecule has 1 heterocycles. The molecule has 0 radical (unpaired) electrons. The largest absolute Gasteiger partial charge is 0.485 e. The number of amides is 2. The zero-order valence-corrected chi connectivity index (χ0v) is 19.9. The molecule has 2 amide bonds. The van der Waals surface area contributed by atoms with E-state index in [1.807, 2.05) is 32.0 Å². The first-order valence-electron chi connectivity index (χ1n) is 11.3. The van der Waals surface area contributed by atoms with Gasteiger partial charge in [0.15, 0.2) is 19.0 Å². The van der Waals surface area contributed by atoms with Crippen LogP contribution in [0.4, 0.5) is 5.69 Å². The van der Waals surface area contributed by atoms with Crippen LogP contribution in [0.2, 0.25) is 0 Å². The summed E-state index contributed by atoms with van der Waals surface area (Å²) < 4.78 is 11.3. The van der Waals surface area contributed by atoms with Crippen molar-refractivity contribution in [1.29, 1.82) is 0 Å². The lowest BCUT2D eigenvalue weighted by Crippen LogP contribution is -2.51. The molecule has 0 saturated heterocycles. The van der Waals surface area contributed by atoms with Crippen LogP contribution in [-0.2, 0) is 9.59 Å². The first-order valence-corrected chi connectivity index (χ1v) is 11.3. The van der Waals surface area contributed by atoms with Gasteiger partial charge in [0.1, 0.15) is 17.5 Å². The molecule has 7 heteroatoms. The fraction of sp³-hybridized carbons (Fsp3) is 0.423. The van der Waals surface area contributed by atoms with Crippen molar-refractivity contribution in [2.24, 2.45) is 5.92 Å². The monoisotopic (exact) mass is 452 g/mol. The maximum absolute atomic E-state index is 12.8. The summed E-state index contributed by atoms with van der Waals surface area (Å²) in [6.45, 7) is 9.98. The highest BCUT2D eigenvalue weighted by atomic mass is 16.5. The lowest BCUT2D eigenvalue weighted by molar-refractivity contribution is -0.127. The van der Waals surface area contributed by atoms with Gasteiger partial charge >= 0.3 is 0 Å². The third-order valence-electron chi connectivity index (χ3n) is 5.65. The van der Waals surface area contributed by atoms with Gasteiger partial charge in [0.25, 0.3) is 5.91 Å². The molecular formula is C26H32N2O5. The third-order valence-corrected chi connectivity index (χ3v) is 5.65. The molecule has 33 heavy (non-hydrogen) atoms. The topological polar surface area (TPSA) is 84.9 Å². The number of aryl methyl sites for hydroxylation is 2. The molecule has 3 rings (SSSR count). The number of ketones is 1. The van der Waals surface area contributed by atoms with Gasteiger partial charge in [-0.3, -0.25) is 19.3 Å². The molecule has 7 nitrogen and oxygen atoms in total. The van der Waals surface area contributed by atoms with Crippen molar-refractivity contribution in [2.45, 2.75) is 47.1 Å². The van der Waals surface area contributed by atoms with Gasteiger partial charge in [0.05, 0.1) is 5.69 Å². The molecule has 0 fully saturated rings. The molecule has 0 unspecified atom stereocenters. The van der Waals surface area contributed by atoms with E-state index in [0.717, 1.165) is 17.5 Å². The van der Waals surface area contributed by atoms with Crippen molar-refractivity contribution in [3.8, 4) is 11.5 Å². The van der Waals surface area contributed by atoms with Crippen molar-refractivity contribution in [3.63, 3.8) is 0 Å². The van der Waals surface area contributed by atoms with E-state index in [1.54, 1.807) is 25.1 Å². The van der Waals surface area contributed by atoms with Crippen LogP contribution < -0.4 is 19.7 Å². The Kier molecular flexibility index (Phi) is 7.74. The predicted molar refractivity (Wildman–Crippen MR) is 127 cm³/mol. The number of benzene rings is 2. The van der Waals surface area contributed by atoms with Gasteiger partial charge in [0, 0.05) is 12.1 Å². The Bertz CT molecular complexity index is 1050. The summed E-state index contributed by atoms with van der Waals surface area (Å²) in [4.78, 5) is 39.6. The average molecular weight is 453 g/mol. The maximum Gasteiger partial charge on any atom is 0.265 e. The number of fused-ring (bicyclic) bond motifs is 1. The normalized spacial score (nSPS) is 13.9. The molecule has 0 aromatic heterocycles. The predicted octanol–water partition coefficient (Wildman–Crippen LogP) is 3.84. The van der Waals surface area contributed by atoms with Gasteiger partial charge in [-0.1, -0.05) is 26.0 Å². The van der Waals surface area contributed by atoms with Gasteiger partial charge in [-0.05, 0) is 68.5 Å². The molecule has 0 spiro atoms. The van der Waals surface area contributed by atoms with Gasteiger partial charge in [-0.2, -0.15) is 0 Å². The van der Waals surface area contributed by atoms with Crippen LogP contribution >= 0.6 is 0 Å². The number of anilines is 1. The number of carbonyl (C=O) groups is 3. The van der Waals surface area contributed by atoms with E-state index in [4.69, 9.17) is 9.47 Å². The second-order valence-corrected chi connectivity index (χ2v) is 8.87. The van der Waals surface area contributed by atoms with E-state index in [0.29, 0.717) is 35.2 Å². The Morgan fingerprint density at radius 2 is 1.88 bits per heavy atom. The Hall–Kier alpha value is -3.35. The third kappa shape index (κ3) is 5.92. The molecule has 1 N–H and O–H groups in total. The number of hydrogen-bond donors (Lipinski definition) is 1. The summed E-state index contributed by atoms with van der Waals surface area (Å²) in [5.41, 5.74) is 2.79. The Balaban J connectivity index is 1.76. The zero-order chi connectivity index (χ0) is 24.1. The summed E-state index contributed by atoms with van der Waals surface area (Å²) in [5, 5.41) is 2.89. The van der Waals surface area contributed by atoms with Crippen LogP contribution in [-0.4, -0.2) is 43.4 Å². The smallest absolute Gasteiger partial charge is 0.265 e. The standard InChI is InChI=1S/C26H32N2O5/c1-16(2)10-11-27-26(31)19(5)28-21-13-20(8-9-23(21)33-15-25(28)30)22(29)14-32-24-12-17(3)6-7-18(24)4/h6-9,12-13,16,19H,10-11,14-15H2,1-5H3,(H,27,31)/t19-/m1/s1. The summed E-state index contributed by atoms with van der Waals surface area (Å²) in [7, 11) is 0. The quantitative estimate of drug-likeness (QED) is 0.585. The zero-order valence-electron chi connectivity index (χ0n) is 19.9. The van der Waals surface area contributed by atoms with Crippen LogP contribution in [0.1, 0.15) is 48.7 Å². The van der Waals surface area contributed by atoms with Gasteiger partial charge in [0.2, 0.25) is 5.91 Å². The van der Waals surface area contributed by atoms with E-state index in [2.05, 4.69) is 19.2 Å². The number of nitrogens with one attached hydrogen (secondary N) is 1. The SMILES string of the molecule is Cc1ccc(C)c(OCC(=O)c2ccc3c(c2)N([C@H](C)C(=O)NCCC(C)C)C(=O)CO3)c1. The lowest BCUT2D eigenvalue weighted by atomic mass is 10.1. The van der Waals surface area contributed by atoms with Crippen molar-refractivity contribution in [2.75, 3.05) is 24.7 Å². The highest BCUT2D eigenvalue weighted by molar-refractivity contribution is 6.05. The lowest BCUT2D eigenvalue weighted by Gasteiger charge is -2.33. The van der Waals surface area contributed by atoms with Crippen molar-refractivity contribution < 1.29 is 23.9 Å². The summed E-state index contributed by atoms with van der Waals surface area (Å²) in [6, 6.07) is 9.99. The van der Waals surface area contributed by atoms with Crippen LogP contribution in [0.25, 0.3) is 0 Å². The molecule has 176 valence electrons. The molecule has 2 aromatic carbocycles. The number of Topliss-reactive ketones (excluding diaryl/α,β-unsaturated/α-hetero) is 1. The minimum atomic E-state index is -0.733. The van der Waals surface area contributed by atoms with E-state index >= 15 is 0 Å². The molecular weight excluding hydrogens is 420 g/mol. The van der Waals surface area contributed by atoms with Gasteiger partial charge in [-0.25, -0.2) is 0 Å². The fourth-order valence-electron chi connectivity index (χ4n) is 3.61. The Morgan fingerprint density at radius 3 is 2.61 bits per heavy atom. The summed E-state index contributed by atoms with van der Waals surface area (Å²) in [5.74, 6) is 0.782. The van der Waals surface area contributed by atoms with Crippen molar-refractivity contribution in [3.05, 3.63) is 53.1 Å². The number of hydrogen-bond acceptors (Lipinski definition) is 5. The number of rotatable bonds is 9. The minimum Gasteiger partial charge on any atom is -0.485 e. The molecule has 1 atom stereocenters. The summed E-state index contributed by atoms with van der Waals surface area (Å²) >= 11 is 0. The molecule has 1 aliphatic rings. The number of carbonyl (C=O) groups excluding carboxylic acids is 3. The minimum absolute atomic E-state index is 0.136. The summed E-state index contributed by atoms with van der Waals surface area (Å²) in [6.07, 6.45) is 0.852. The number of nitrogens with zero attached hydrogens (tertiary/aromatic N) is 1. The second-order valence-electron chi connectivity index (χ2n) is 8.87. The molecule has 0 bridgehead atoms. The number of ether oxygens (including phenoxy) is 2. The highest BCUT2D eigenvalue weighted by Crippen LogP contribution is 2.34. The van der Waals surface area contributed by atoms with Crippen LogP contribution in [0.15, 0.2) is 36.4 Å². The van der Waals surface area contributed by atoms with E-state index in [1.165, 1.54) is 4.90 Å². The average Bonchev–Trinajstić information content (AvgIpc) is 2.78. The first-order chi connectivity index (χ1) is 15.7. The Labute approximate surface area is 195 Å². The molecule has 2 aromatic rings. The molecule has 0 aliphatic carbocycles. The van der Waals surface area contributed by atoms with Crippen LogP contribution in [0, 0.1) is 19.8 Å². The van der Waals surface area contributed by atoms with Gasteiger partial charge < -0.3 is 14.8 Å². The first kappa shape index (κ1) is 24.3. The van der Waals surface area contributed by atoms with Crippen LogP contribution in [0.3, 0.4) is 0 Å². The maximum atomic E-state index is 12.8.